The molecule has 6 heteroatoms. The fourth-order valence-corrected chi connectivity index (χ4v) is 4.16. The minimum Gasteiger partial charge on any atom is -0.530 e. The number of piperidine rings is 1. The molecule has 2 atom stereocenters. The minimum absolute atomic E-state index is 0.0561. The number of hydrogen-bond acceptors (Lipinski definition) is 3. The molecule has 0 spiro atoms. The molecule has 0 bridgehead atoms. The predicted octanol–water partition coefficient (Wildman–Crippen LogP) is 4.70. The smallest absolute Gasteiger partial charge is 0.137 e. The van der Waals surface area contributed by atoms with E-state index in [1.807, 2.05) is 39.0 Å². The van der Waals surface area contributed by atoms with Crippen LogP contribution < -0.4 is 10.4 Å². The van der Waals surface area contributed by atoms with Crippen LogP contribution in [-0.2, 0) is 6.42 Å². The maximum Gasteiger partial charge on any atom is 0.137 e. The Kier molecular flexibility index (Phi) is 6.37. The SMILES string of the molecule is CC(C)(C)C1CC(Nc2cccc(F)c2Cc2ccc(Cl)cc2)CCN1C(=O)[O-]. The quantitative estimate of drug-likeness (QED) is 0.784. The minimum atomic E-state index is -1.13. The summed E-state index contributed by atoms with van der Waals surface area (Å²) in [4.78, 5) is 13.0. The van der Waals surface area contributed by atoms with Crippen LogP contribution in [0.25, 0.3) is 0 Å². The topological polar surface area (TPSA) is 55.4 Å². The number of nitrogens with zero attached hydrogens (tertiary/aromatic N) is 1. The molecule has 0 aliphatic carbocycles. The number of rotatable bonds is 4. The van der Waals surface area contributed by atoms with E-state index in [1.54, 1.807) is 18.2 Å². The number of carbonyl (C=O) groups excluding carboxylic acids is 1. The third kappa shape index (κ3) is 5.21. The van der Waals surface area contributed by atoms with Gasteiger partial charge in [-0.1, -0.05) is 50.6 Å². The summed E-state index contributed by atoms with van der Waals surface area (Å²) in [5.74, 6) is -0.260. The van der Waals surface area contributed by atoms with Crippen LogP contribution in [0.15, 0.2) is 42.5 Å². The van der Waals surface area contributed by atoms with E-state index in [0.29, 0.717) is 36.4 Å². The van der Waals surface area contributed by atoms with E-state index < -0.39 is 6.09 Å². The van der Waals surface area contributed by atoms with Crippen molar-refractivity contribution in [2.45, 2.75) is 52.1 Å². The van der Waals surface area contributed by atoms with Gasteiger partial charge in [0.25, 0.3) is 0 Å². The van der Waals surface area contributed by atoms with Crippen LogP contribution in [0.3, 0.4) is 0 Å². The Bertz CT molecular complexity index is 864. The predicted molar refractivity (Wildman–Crippen MR) is 113 cm³/mol. The third-order valence-electron chi connectivity index (χ3n) is 5.61. The average molecular weight is 418 g/mol. The lowest BCUT2D eigenvalue weighted by Gasteiger charge is -2.47. The normalized spacial score (nSPS) is 19.8. The van der Waals surface area contributed by atoms with Crippen molar-refractivity contribution in [3.05, 3.63) is 64.4 Å². The maximum absolute atomic E-state index is 14.6. The van der Waals surface area contributed by atoms with Crippen LogP contribution in [0.2, 0.25) is 5.02 Å². The van der Waals surface area contributed by atoms with Crippen molar-refractivity contribution in [3.63, 3.8) is 0 Å². The number of hydrogen-bond donors (Lipinski definition) is 1. The Morgan fingerprint density at radius 3 is 2.55 bits per heavy atom. The first-order chi connectivity index (χ1) is 13.6. The van der Waals surface area contributed by atoms with E-state index in [9.17, 15) is 14.3 Å². The monoisotopic (exact) mass is 417 g/mol. The van der Waals surface area contributed by atoms with Crippen molar-refractivity contribution < 1.29 is 14.3 Å². The van der Waals surface area contributed by atoms with E-state index in [0.717, 1.165) is 11.3 Å². The number of likely N-dealkylation sites (tertiary alicyclic amines) is 1. The van der Waals surface area contributed by atoms with Gasteiger partial charge in [0, 0.05) is 41.3 Å². The van der Waals surface area contributed by atoms with Gasteiger partial charge in [0.2, 0.25) is 0 Å². The first-order valence-corrected chi connectivity index (χ1v) is 10.3. The summed E-state index contributed by atoms with van der Waals surface area (Å²) < 4.78 is 14.6. The van der Waals surface area contributed by atoms with E-state index in [4.69, 9.17) is 11.6 Å². The summed E-state index contributed by atoms with van der Waals surface area (Å²) in [6.07, 6.45) is 0.621. The highest BCUT2D eigenvalue weighted by Crippen LogP contribution is 2.34. The lowest BCUT2D eigenvalue weighted by atomic mass is 9.79. The molecule has 1 saturated heterocycles. The fourth-order valence-electron chi connectivity index (χ4n) is 4.04. The van der Waals surface area contributed by atoms with E-state index in [2.05, 4.69) is 5.32 Å². The summed E-state index contributed by atoms with van der Waals surface area (Å²) in [6, 6.07) is 12.3. The Hall–Kier alpha value is -2.27. The molecule has 1 aliphatic rings. The van der Waals surface area contributed by atoms with E-state index in [-0.39, 0.29) is 23.3 Å². The molecule has 0 saturated carbocycles. The van der Waals surface area contributed by atoms with Gasteiger partial charge < -0.3 is 20.1 Å². The lowest BCUT2D eigenvalue weighted by Crippen LogP contribution is -2.57. The lowest BCUT2D eigenvalue weighted by molar-refractivity contribution is -0.271. The van der Waals surface area contributed by atoms with Crippen molar-refractivity contribution in [2.75, 3.05) is 11.9 Å². The highest BCUT2D eigenvalue weighted by atomic mass is 35.5. The van der Waals surface area contributed by atoms with Gasteiger partial charge in [-0.15, -0.1) is 0 Å². The number of carbonyl (C=O) groups is 1. The van der Waals surface area contributed by atoms with Gasteiger partial charge in [-0.05, 0) is 48.1 Å². The van der Waals surface area contributed by atoms with Gasteiger partial charge in [-0.25, -0.2) is 4.39 Å². The van der Waals surface area contributed by atoms with Crippen molar-refractivity contribution in [2.24, 2.45) is 5.41 Å². The number of carboxylic acid groups (broad SMARTS) is 1. The van der Waals surface area contributed by atoms with Crippen molar-refractivity contribution in [1.82, 2.24) is 4.90 Å². The molecule has 2 unspecified atom stereocenters. The average Bonchev–Trinajstić information content (AvgIpc) is 2.65. The molecular weight excluding hydrogens is 391 g/mol. The van der Waals surface area contributed by atoms with Crippen LogP contribution >= 0.6 is 11.6 Å². The Labute approximate surface area is 176 Å². The molecule has 1 heterocycles. The number of nitrogens with one attached hydrogen (secondary N) is 1. The van der Waals surface area contributed by atoms with Gasteiger partial charge in [0.1, 0.15) is 11.9 Å². The molecule has 1 aliphatic heterocycles. The number of halogens is 2. The van der Waals surface area contributed by atoms with Crippen molar-refractivity contribution in [1.29, 1.82) is 0 Å². The third-order valence-corrected chi connectivity index (χ3v) is 5.86. The van der Waals surface area contributed by atoms with Gasteiger partial charge in [-0.2, -0.15) is 0 Å². The molecule has 1 N–H and O–H groups in total. The Balaban J connectivity index is 1.80. The van der Waals surface area contributed by atoms with Gasteiger partial charge >= 0.3 is 0 Å². The zero-order valence-corrected chi connectivity index (χ0v) is 17.8. The van der Waals surface area contributed by atoms with Crippen LogP contribution in [0.5, 0.6) is 0 Å². The van der Waals surface area contributed by atoms with Crippen molar-refractivity contribution in [3.8, 4) is 0 Å². The standard InChI is InChI=1S/C23H28ClFN2O2/c1-23(2,3)21-14-17(11-12-27(21)22(28)29)26-20-6-4-5-19(25)18(20)13-15-7-9-16(24)10-8-15/h4-10,17,21,26H,11-14H2,1-3H3,(H,28,29)/p-1. The van der Waals surface area contributed by atoms with Gasteiger partial charge in [0.05, 0.1) is 0 Å². The summed E-state index contributed by atoms with van der Waals surface area (Å²) in [6.45, 7) is 6.50. The van der Waals surface area contributed by atoms with Crippen LogP contribution in [-0.4, -0.2) is 29.6 Å². The summed E-state index contributed by atoms with van der Waals surface area (Å²) >= 11 is 5.95. The Morgan fingerprint density at radius 1 is 1.24 bits per heavy atom. The molecule has 1 amide bonds. The first kappa shape index (κ1) is 21.4. The summed E-state index contributed by atoms with van der Waals surface area (Å²) in [5.41, 5.74) is 2.11. The number of amides is 1. The zero-order chi connectivity index (χ0) is 21.2. The largest absolute Gasteiger partial charge is 0.530 e. The molecule has 0 radical (unpaired) electrons. The molecule has 4 nitrogen and oxygen atoms in total. The second-order valence-corrected chi connectivity index (χ2v) is 9.21. The second-order valence-electron chi connectivity index (χ2n) is 8.78. The summed E-state index contributed by atoms with van der Waals surface area (Å²) in [5, 5.41) is 15.7. The highest BCUT2D eigenvalue weighted by molar-refractivity contribution is 6.30. The van der Waals surface area contributed by atoms with Crippen molar-refractivity contribution >= 4 is 23.4 Å². The van der Waals surface area contributed by atoms with Crippen LogP contribution in [0.4, 0.5) is 14.9 Å². The molecular formula is C23H27ClFN2O2-. The molecule has 156 valence electrons. The Morgan fingerprint density at radius 2 is 1.93 bits per heavy atom. The molecule has 3 rings (SSSR count). The molecule has 2 aromatic carbocycles. The fraction of sp³-hybridized carbons (Fsp3) is 0.435. The van der Waals surface area contributed by atoms with Crippen LogP contribution in [0.1, 0.15) is 44.7 Å². The summed E-state index contributed by atoms with van der Waals surface area (Å²) in [7, 11) is 0. The molecule has 29 heavy (non-hydrogen) atoms. The first-order valence-electron chi connectivity index (χ1n) is 9.91. The molecule has 0 aromatic heterocycles. The highest BCUT2D eigenvalue weighted by Gasteiger charge is 2.36. The maximum atomic E-state index is 14.6. The second kappa shape index (κ2) is 8.62. The molecule has 1 fully saturated rings. The van der Waals surface area contributed by atoms with E-state index >= 15 is 0 Å². The van der Waals surface area contributed by atoms with Crippen LogP contribution in [0, 0.1) is 11.2 Å². The number of anilines is 1. The molecule has 2 aromatic rings. The van der Waals surface area contributed by atoms with Gasteiger partial charge in [0.15, 0.2) is 0 Å². The zero-order valence-electron chi connectivity index (χ0n) is 17.0. The van der Waals surface area contributed by atoms with E-state index in [1.165, 1.54) is 11.0 Å². The van der Waals surface area contributed by atoms with Gasteiger partial charge in [-0.3, -0.25) is 0 Å². The number of benzene rings is 2.